The Morgan fingerprint density at radius 3 is 2.50 bits per heavy atom. The molecule has 162 valence electrons. The molecule has 10 heteroatoms. The molecule has 0 fully saturated rings. The number of esters is 1. The van der Waals surface area contributed by atoms with Crippen molar-refractivity contribution in [2.45, 2.75) is 13.5 Å². The van der Waals surface area contributed by atoms with Crippen molar-refractivity contribution in [1.82, 2.24) is 19.3 Å². The number of benzene rings is 2. The first kappa shape index (κ1) is 20.8. The summed E-state index contributed by atoms with van der Waals surface area (Å²) in [5.41, 5.74) is 0.412. The molecule has 0 atom stereocenters. The van der Waals surface area contributed by atoms with Gasteiger partial charge in [-0.25, -0.2) is 9.59 Å². The summed E-state index contributed by atoms with van der Waals surface area (Å²) in [5, 5.41) is 6.98. The van der Waals surface area contributed by atoms with Crippen LogP contribution >= 0.6 is 0 Å². The Kier molecular flexibility index (Phi) is 5.42. The van der Waals surface area contributed by atoms with Gasteiger partial charge in [0, 0.05) is 25.5 Å². The number of aryl methyl sites for hydroxylation is 1. The second kappa shape index (κ2) is 8.34. The van der Waals surface area contributed by atoms with Gasteiger partial charge in [-0.3, -0.25) is 18.8 Å². The number of carbonyl (C=O) groups is 2. The van der Waals surface area contributed by atoms with Crippen molar-refractivity contribution in [2.24, 2.45) is 7.05 Å². The molecule has 1 amide bonds. The number of hydrogen-bond acceptors (Lipinski definition) is 6. The second-order valence-electron chi connectivity index (χ2n) is 7.01. The summed E-state index contributed by atoms with van der Waals surface area (Å²) < 4.78 is 7.97. The molecule has 4 rings (SSSR count). The number of rotatable bonds is 5. The Labute approximate surface area is 181 Å². The summed E-state index contributed by atoms with van der Waals surface area (Å²) in [6.45, 7) is 1.94. The molecule has 0 saturated carbocycles. The van der Waals surface area contributed by atoms with Crippen LogP contribution in [-0.2, 0) is 13.6 Å². The van der Waals surface area contributed by atoms with Crippen LogP contribution in [0.3, 0.4) is 0 Å². The van der Waals surface area contributed by atoms with E-state index in [1.807, 2.05) is 0 Å². The van der Waals surface area contributed by atoms with Gasteiger partial charge in [0.2, 0.25) is 0 Å². The number of nitrogens with zero attached hydrogens (tertiary/aromatic N) is 3. The van der Waals surface area contributed by atoms with Gasteiger partial charge in [0.1, 0.15) is 5.75 Å². The van der Waals surface area contributed by atoms with E-state index < -0.39 is 17.2 Å². The number of nitrogens with one attached hydrogen (secondary N) is 2. The van der Waals surface area contributed by atoms with Crippen LogP contribution in [0.2, 0.25) is 0 Å². The van der Waals surface area contributed by atoms with E-state index in [2.05, 4.69) is 15.4 Å². The Hall–Kier alpha value is -4.47. The fourth-order valence-corrected chi connectivity index (χ4v) is 3.18. The number of carbonyl (C=O) groups excluding carboxylic acids is 2. The lowest BCUT2D eigenvalue weighted by molar-refractivity contribution is 0.0734. The molecule has 0 saturated heterocycles. The number of aromatic nitrogens is 4. The minimum absolute atomic E-state index is 0.177. The third kappa shape index (κ3) is 4.06. The van der Waals surface area contributed by atoms with Gasteiger partial charge in [0.25, 0.3) is 11.5 Å². The highest BCUT2D eigenvalue weighted by atomic mass is 16.5. The van der Waals surface area contributed by atoms with Crippen LogP contribution in [0, 0.1) is 0 Å². The minimum atomic E-state index is -0.653. The Bertz CT molecular complexity index is 1450. The summed E-state index contributed by atoms with van der Waals surface area (Å²) in [4.78, 5) is 51.7. The SMILES string of the molecule is CCn1c(=O)[nH]c2cc(C(=O)Oc3ccc(NC(=O)c4cnn(C)c4)cc3)ccc2c1=O. The van der Waals surface area contributed by atoms with Crippen LogP contribution in [0.4, 0.5) is 5.69 Å². The van der Waals surface area contributed by atoms with Gasteiger partial charge in [-0.15, -0.1) is 0 Å². The molecule has 0 aliphatic rings. The highest BCUT2D eigenvalue weighted by Crippen LogP contribution is 2.19. The number of ether oxygens (including phenoxy) is 1. The van der Waals surface area contributed by atoms with Gasteiger partial charge in [-0.1, -0.05) is 0 Å². The Morgan fingerprint density at radius 2 is 1.84 bits per heavy atom. The highest BCUT2D eigenvalue weighted by Gasteiger charge is 2.13. The molecule has 0 aliphatic heterocycles. The van der Waals surface area contributed by atoms with E-state index in [0.29, 0.717) is 16.6 Å². The standard InChI is InChI=1S/C22H19N5O5/c1-3-27-20(29)17-9-4-13(10-18(17)25-22(27)31)21(30)32-16-7-5-15(6-8-16)24-19(28)14-11-23-26(2)12-14/h4-12H,3H2,1-2H3,(H,24,28)(H,25,31). The molecule has 2 heterocycles. The van der Waals surface area contributed by atoms with Crippen LogP contribution in [0.25, 0.3) is 10.9 Å². The van der Waals surface area contributed by atoms with Gasteiger partial charge >= 0.3 is 11.7 Å². The van der Waals surface area contributed by atoms with Gasteiger partial charge in [0.05, 0.1) is 28.2 Å². The molecule has 32 heavy (non-hydrogen) atoms. The maximum Gasteiger partial charge on any atom is 0.343 e. The van der Waals surface area contributed by atoms with Crippen LogP contribution in [0.15, 0.2) is 64.4 Å². The van der Waals surface area contributed by atoms with E-state index in [4.69, 9.17) is 4.74 Å². The number of fused-ring (bicyclic) bond motifs is 1. The van der Waals surface area contributed by atoms with E-state index >= 15 is 0 Å². The van der Waals surface area contributed by atoms with Crippen molar-refractivity contribution in [3.8, 4) is 5.75 Å². The van der Waals surface area contributed by atoms with Crippen molar-refractivity contribution in [1.29, 1.82) is 0 Å². The van der Waals surface area contributed by atoms with Crippen LogP contribution < -0.4 is 21.3 Å². The summed E-state index contributed by atoms with van der Waals surface area (Å²) in [7, 11) is 1.72. The third-order valence-electron chi connectivity index (χ3n) is 4.82. The van der Waals surface area contributed by atoms with Crippen molar-refractivity contribution < 1.29 is 14.3 Å². The zero-order chi connectivity index (χ0) is 22.8. The first-order valence-electron chi connectivity index (χ1n) is 9.75. The fraction of sp³-hybridized carbons (Fsp3) is 0.136. The predicted molar refractivity (Wildman–Crippen MR) is 117 cm³/mol. The molecule has 0 aliphatic carbocycles. The third-order valence-corrected chi connectivity index (χ3v) is 4.82. The molecule has 2 aromatic heterocycles. The Morgan fingerprint density at radius 1 is 1.09 bits per heavy atom. The lowest BCUT2D eigenvalue weighted by Crippen LogP contribution is -2.34. The second-order valence-corrected chi connectivity index (χ2v) is 7.01. The van der Waals surface area contributed by atoms with Crippen LogP contribution in [-0.4, -0.2) is 31.2 Å². The topological polar surface area (TPSA) is 128 Å². The van der Waals surface area contributed by atoms with Crippen LogP contribution in [0.5, 0.6) is 5.75 Å². The first-order chi connectivity index (χ1) is 15.4. The summed E-state index contributed by atoms with van der Waals surface area (Å²) in [6.07, 6.45) is 3.06. The first-order valence-corrected chi connectivity index (χ1v) is 9.75. The molecule has 2 N–H and O–H groups in total. The molecular weight excluding hydrogens is 414 g/mol. The monoisotopic (exact) mass is 433 g/mol. The molecule has 4 aromatic rings. The van der Waals surface area contributed by atoms with Crippen molar-refractivity contribution >= 4 is 28.5 Å². The predicted octanol–water partition coefficient (Wildman–Crippen LogP) is 1.91. The van der Waals surface area contributed by atoms with Gasteiger partial charge in [-0.2, -0.15) is 5.10 Å². The van der Waals surface area contributed by atoms with Crippen molar-refractivity contribution in [3.05, 3.63) is 86.8 Å². The molecular formula is C22H19N5O5. The highest BCUT2D eigenvalue weighted by molar-refractivity contribution is 6.04. The average molecular weight is 433 g/mol. The summed E-state index contributed by atoms with van der Waals surface area (Å²) in [6, 6.07) is 10.6. The van der Waals surface area contributed by atoms with E-state index in [0.717, 1.165) is 4.57 Å². The van der Waals surface area contributed by atoms with Crippen LogP contribution in [0.1, 0.15) is 27.6 Å². The number of amides is 1. The summed E-state index contributed by atoms with van der Waals surface area (Å²) >= 11 is 0. The van der Waals surface area contributed by atoms with E-state index in [9.17, 15) is 19.2 Å². The number of hydrogen-bond donors (Lipinski definition) is 2. The molecule has 0 radical (unpaired) electrons. The zero-order valence-electron chi connectivity index (χ0n) is 17.3. The number of H-pyrrole nitrogens is 1. The minimum Gasteiger partial charge on any atom is -0.423 e. The largest absolute Gasteiger partial charge is 0.423 e. The van der Waals surface area contributed by atoms with E-state index in [1.165, 1.54) is 29.1 Å². The molecule has 10 nitrogen and oxygen atoms in total. The number of anilines is 1. The van der Waals surface area contributed by atoms with Gasteiger partial charge < -0.3 is 15.0 Å². The fourth-order valence-electron chi connectivity index (χ4n) is 3.18. The quantitative estimate of drug-likeness (QED) is 0.366. The maximum absolute atomic E-state index is 12.5. The van der Waals surface area contributed by atoms with Gasteiger partial charge in [-0.05, 0) is 49.4 Å². The lowest BCUT2D eigenvalue weighted by Gasteiger charge is -2.08. The van der Waals surface area contributed by atoms with Gasteiger partial charge in [0.15, 0.2) is 0 Å². The van der Waals surface area contributed by atoms with E-state index in [-0.39, 0.29) is 29.3 Å². The maximum atomic E-state index is 12.5. The summed E-state index contributed by atoms with van der Waals surface area (Å²) in [5.74, 6) is -0.695. The van der Waals surface area contributed by atoms with E-state index in [1.54, 1.807) is 44.4 Å². The molecule has 0 spiro atoms. The molecule has 2 aromatic carbocycles. The molecule has 0 unspecified atom stereocenters. The normalized spacial score (nSPS) is 10.8. The molecule has 0 bridgehead atoms. The Balaban J connectivity index is 1.49. The number of aromatic amines is 1. The zero-order valence-corrected chi connectivity index (χ0v) is 17.3. The average Bonchev–Trinajstić information content (AvgIpc) is 3.21. The smallest absolute Gasteiger partial charge is 0.343 e. The van der Waals surface area contributed by atoms with Crippen molar-refractivity contribution in [3.63, 3.8) is 0 Å². The lowest BCUT2D eigenvalue weighted by atomic mass is 10.1. The van der Waals surface area contributed by atoms with Crippen molar-refractivity contribution in [2.75, 3.05) is 5.32 Å².